The number of rotatable bonds is 8. The minimum absolute atomic E-state index is 0. The maximum absolute atomic E-state index is 11.8. The first kappa shape index (κ1) is 23.0. The smallest absolute Gasteiger partial charge is 0.250 e. The van der Waals surface area contributed by atoms with E-state index in [0.717, 1.165) is 44.1 Å². The van der Waals surface area contributed by atoms with E-state index in [4.69, 9.17) is 0 Å². The van der Waals surface area contributed by atoms with E-state index in [1.165, 1.54) is 32.1 Å². The van der Waals surface area contributed by atoms with Gasteiger partial charge in [0, 0.05) is 38.4 Å². The van der Waals surface area contributed by atoms with Crippen LogP contribution in [0, 0.1) is 12.3 Å². The van der Waals surface area contributed by atoms with Crippen molar-refractivity contribution in [2.75, 3.05) is 20.1 Å². The van der Waals surface area contributed by atoms with Gasteiger partial charge in [-0.05, 0) is 50.5 Å². The molecular weight excluding hydrogens is 439 g/mol. The Hall–Kier alpha value is -1.05. The minimum atomic E-state index is 0. The number of pyridine rings is 1. The number of aliphatic imine (C=N–C) groups is 1. The quantitative estimate of drug-likeness (QED) is 0.262. The third-order valence-corrected chi connectivity index (χ3v) is 5.64. The van der Waals surface area contributed by atoms with Crippen LogP contribution in [0.25, 0.3) is 0 Å². The van der Waals surface area contributed by atoms with Crippen molar-refractivity contribution >= 4 is 29.9 Å². The fourth-order valence-electron chi connectivity index (χ4n) is 3.78. The van der Waals surface area contributed by atoms with Gasteiger partial charge in [0.05, 0.1) is 0 Å². The summed E-state index contributed by atoms with van der Waals surface area (Å²) in [4.78, 5) is 16.2. The van der Waals surface area contributed by atoms with Crippen LogP contribution in [0.15, 0.2) is 28.0 Å². The molecule has 0 radical (unpaired) electrons. The molecule has 0 spiro atoms. The van der Waals surface area contributed by atoms with Crippen LogP contribution in [0.3, 0.4) is 0 Å². The number of nitrogens with zero attached hydrogens (tertiary/aromatic N) is 2. The Morgan fingerprint density at radius 2 is 1.96 bits per heavy atom. The van der Waals surface area contributed by atoms with Gasteiger partial charge >= 0.3 is 0 Å². The molecule has 0 bridgehead atoms. The molecule has 1 aliphatic rings. The number of hydrogen-bond acceptors (Lipinski definition) is 2. The van der Waals surface area contributed by atoms with Crippen molar-refractivity contribution in [3.8, 4) is 0 Å². The van der Waals surface area contributed by atoms with E-state index in [1.54, 1.807) is 6.07 Å². The molecule has 6 heteroatoms. The molecule has 5 nitrogen and oxygen atoms in total. The van der Waals surface area contributed by atoms with E-state index in [2.05, 4.69) is 22.5 Å². The van der Waals surface area contributed by atoms with Crippen molar-refractivity contribution in [3.05, 3.63) is 34.2 Å². The predicted molar refractivity (Wildman–Crippen MR) is 121 cm³/mol. The summed E-state index contributed by atoms with van der Waals surface area (Å²) in [6.07, 6.45) is 8.62. The lowest BCUT2D eigenvalue weighted by atomic mass is 9.83. The Morgan fingerprint density at radius 3 is 2.58 bits per heavy atom. The highest BCUT2D eigenvalue weighted by Crippen LogP contribution is 2.40. The fraction of sp³-hybridized carbons (Fsp3) is 0.700. The first-order valence-electron chi connectivity index (χ1n) is 9.71. The number of guanidine groups is 1. The Kier molecular flexibility index (Phi) is 10.3. The molecule has 1 aromatic heterocycles. The summed E-state index contributed by atoms with van der Waals surface area (Å²) in [5, 5.41) is 6.92. The van der Waals surface area contributed by atoms with Gasteiger partial charge in [-0.15, -0.1) is 24.0 Å². The Bertz CT molecular complexity index is 620. The van der Waals surface area contributed by atoms with Crippen molar-refractivity contribution in [2.45, 2.75) is 65.3 Å². The van der Waals surface area contributed by atoms with Gasteiger partial charge in [-0.2, -0.15) is 0 Å². The zero-order valence-corrected chi connectivity index (χ0v) is 18.8. The Balaban J connectivity index is 0.00000338. The molecule has 2 N–H and O–H groups in total. The van der Waals surface area contributed by atoms with Crippen LogP contribution < -0.4 is 16.2 Å². The van der Waals surface area contributed by atoms with E-state index in [0.29, 0.717) is 5.41 Å². The molecule has 1 fully saturated rings. The number of nitrogens with one attached hydrogen (secondary N) is 2. The lowest BCUT2D eigenvalue weighted by Crippen LogP contribution is -2.43. The molecular formula is C20H35IN4O. The SMILES string of the molecule is CCC1(CNC(=NC)NCCCCn2c(C)cccc2=O)CCCC1.I. The Morgan fingerprint density at radius 1 is 1.23 bits per heavy atom. The molecule has 0 aliphatic heterocycles. The van der Waals surface area contributed by atoms with Crippen molar-refractivity contribution < 1.29 is 0 Å². The average molecular weight is 474 g/mol. The maximum Gasteiger partial charge on any atom is 0.250 e. The summed E-state index contributed by atoms with van der Waals surface area (Å²) in [7, 11) is 1.83. The summed E-state index contributed by atoms with van der Waals surface area (Å²) in [6.45, 7) is 6.95. The van der Waals surface area contributed by atoms with Gasteiger partial charge in [0.25, 0.3) is 5.56 Å². The normalized spacial score (nSPS) is 16.2. The van der Waals surface area contributed by atoms with Crippen LogP contribution in [0.1, 0.15) is 57.6 Å². The van der Waals surface area contributed by atoms with Crippen LogP contribution >= 0.6 is 24.0 Å². The van der Waals surface area contributed by atoms with E-state index >= 15 is 0 Å². The van der Waals surface area contributed by atoms with E-state index in [1.807, 2.05) is 30.7 Å². The lowest BCUT2D eigenvalue weighted by Gasteiger charge is -2.28. The average Bonchev–Trinajstić information content (AvgIpc) is 3.09. The highest BCUT2D eigenvalue weighted by atomic mass is 127. The van der Waals surface area contributed by atoms with E-state index < -0.39 is 0 Å². The first-order valence-corrected chi connectivity index (χ1v) is 9.71. The summed E-state index contributed by atoms with van der Waals surface area (Å²) in [5.74, 6) is 0.896. The van der Waals surface area contributed by atoms with Crippen LogP contribution in [0.4, 0.5) is 0 Å². The molecule has 26 heavy (non-hydrogen) atoms. The number of aryl methyl sites for hydroxylation is 1. The molecule has 0 amide bonds. The van der Waals surface area contributed by atoms with Crippen LogP contribution in [0.5, 0.6) is 0 Å². The number of halogens is 1. The van der Waals surface area contributed by atoms with Gasteiger partial charge in [-0.1, -0.05) is 25.8 Å². The molecule has 0 atom stereocenters. The molecule has 2 rings (SSSR count). The van der Waals surface area contributed by atoms with Gasteiger partial charge < -0.3 is 15.2 Å². The molecule has 0 saturated heterocycles. The predicted octanol–water partition coefficient (Wildman–Crippen LogP) is 3.69. The van der Waals surface area contributed by atoms with Gasteiger partial charge in [-0.25, -0.2) is 0 Å². The summed E-state index contributed by atoms with van der Waals surface area (Å²) >= 11 is 0. The molecule has 0 unspecified atom stereocenters. The maximum atomic E-state index is 11.8. The monoisotopic (exact) mass is 474 g/mol. The van der Waals surface area contributed by atoms with Crippen LogP contribution in [-0.2, 0) is 6.54 Å². The van der Waals surface area contributed by atoms with E-state index in [9.17, 15) is 4.79 Å². The summed E-state index contributed by atoms with van der Waals surface area (Å²) in [5.41, 5.74) is 1.58. The summed E-state index contributed by atoms with van der Waals surface area (Å²) in [6, 6.07) is 5.43. The largest absolute Gasteiger partial charge is 0.356 e. The number of unbranched alkanes of at least 4 members (excludes halogenated alkanes) is 1. The Labute approximate surface area is 175 Å². The second-order valence-corrected chi connectivity index (χ2v) is 7.28. The second-order valence-electron chi connectivity index (χ2n) is 7.28. The third kappa shape index (κ3) is 6.59. The molecule has 148 valence electrons. The molecule has 1 aliphatic carbocycles. The second kappa shape index (κ2) is 11.6. The molecule has 1 saturated carbocycles. The third-order valence-electron chi connectivity index (χ3n) is 5.64. The van der Waals surface area contributed by atoms with E-state index in [-0.39, 0.29) is 29.5 Å². The van der Waals surface area contributed by atoms with Gasteiger partial charge in [0.2, 0.25) is 0 Å². The summed E-state index contributed by atoms with van der Waals surface area (Å²) < 4.78 is 1.85. The topological polar surface area (TPSA) is 58.4 Å². The zero-order valence-electron chi connectivity index (χ0n) is 16.5. The highest BCUT2D eigenvalue weighted by molar-refractivity contribution is 14.0. The molecule has 1 aromatic rings. The number of aromatic nitrogens is 1. The van der Waals surface area contributed by atoms with Crippen molar-refractivity contribution in [3.63, 3.8) is 0 Å². The highest BCUT2D eigenvalue weighted by Gasteiger charge is 2.31. The number of hydrogen-bond donors (Lipinski definition) is 2. The van der Waals surface area contributed by atoms with Crippen LogP contribution in [0.2, 0.25) is 0 Å². The molecule has 1 heterocycles. The van der Waals surface area contributed by atoms with Gasteiger partial charge in [0.15, 0.2) is 5.96 Å². The zero-order chi connectivity index (χ0) is 18.1. The minimum Gasteiger partial charge on any atom is -0.356 e. The van der Waals surface area contributed by atoms with Gasteiger partial charge in [-0.3, -0.25) is 9.79 Å². The van der Waals surface area contributed by atoms with Gasteiger partial charge in [0.1, 0.15) is 0 Å². The first-order chi connectivity index (χ1) is 12.1. The van der Waals surface area contributed by atoms with Crippen molar-refractivity contribution in [1.82, 2.24) is 15.2 Å². The van der Waals surface area contributed by atoms with Crippen molar-refractivity contribution in [1.29, 1.82) is 0 Å². The lowest BCUT2D eigenvalue weighted by molar-refractivity contribution is 0.283. The standard InChI is InChI=1S/C20H34N4O.HI/c1-4-20(12-5-6-13-20)16-23-19(21-3)22-14-7-8-15-24-17(2)10-9-11-18(24)25;/h9-11H,4-8,12-16H2,1-3H3,(H2,21,22,23);1H. The fourth-order valence-corrected chi connectivity index (χ4v) is 3.78. The van der Waals surface area contributed by atoms with Crippen molar-refractivity contribution in [2.24, 2.45) is 10.4 Å². The van der Waals surface area contributed by atoms with Crippen LogP contribution in [-0.4, -0.2) is 30.7 Å². The molecule has 0 aromatic carbocycles.